The minimum absolute atomic E-state index is 0.0443. The maximum atomic E-state index is 8.09. The second-order valence-electron chi connectivity index (χ2n) is 3.00. The van der Waals surface area contributed by atoms with E-state index in [1.54, 1.807) is 13.8 Å². The fourth-order valence-electron chi connectivity index (χ4n) is 1.25. The summed E-state index contributed by atoms with van der Waals surface area (Å²) in [5.41, 5.74) is 0.587. The minimum Gasteiger partial charge on any atom is -0.0622 e. The lowest BCUT2D eigenvalue weighted by Gasteiger charge is -2.06. The molecular formula is C14H14. The van der Waals surface area contributed by atoms with E-state index in [0.717, 1.165) is 0 Å². The molecule has 2 rings (SSSR count). The van der Waals surface area contributed by atoms with Gasteiger partial charge in [0.05, 0.1) is 11.0 Å². The topological polar surface area (TPSA) is 0 Å². The van der Waals surface area contributed by atoms with Crippen molar-refractivity contribution in [3.05, 3.63) is 59.5 Å². The van der Waals surface area contributed by atoms with Crippen molar-refractivity contribution in [1.29, 1.82) is 0 Å². The number of hydrogen-bond acceptors (Lipinski definition) is 0. The van der Waals surface area contributed by atoms with Gasteiger partial charge in [-0.1, -0.05) is 53.9 Å². The second kappa shape index (κ2) is 3.67. The Morgan fingerprint density at radius 3 is 2.36 bits per heavy atom. The van der Waals surface area contributed by atoms with E-state index in [0.29, 0.717) is 11.1 Å². The van der Waals surface area contributed by atoms with Gasteiger partial charge in [-0.15, -0.1) is 0 Å². The SMILES string of the molecule is [2H]c1c([2H])c([2H])c(-c2c([2H])c([2H])c(C)c([2H])c2C)c([2H])c1[2H]. The zero-order chi connectivity index (χ0) is 16.9. The Balaban J connectivity index is 3.03. The third kappa shape index (κ3) is 1.69. The highest BCUT2D eigenvalue weighted by Gasteiger charge is 1.99. The summed E-state index contributed by atoms with van der Waals surface area (Å²) in [4.78, 5) is 0. The summed E-state index contributed by atoms with van der Waals surface area (Å²) >= 11 is 0. The van der Waals surface area contributed by atoms with Crippen LogP contribution in [0.2, 0.25) is 0 Å². The van der Waals surface area contributed by atoms with E-state index in [1.807, 2.05) is 0 Å². The Labute approximate surface area is 96.5 Å². The molecule has 70 valence electrons. The molecule has 0 bridgehead atoms. The van der Waals surface area contributed by atoms with E-state index in [9.17, 15) is 0 Å². The van der Waals surface area contributed by atoms with Gasteiger partial charge in [0.15, 0.2) is 0 Å². The molecule has 0 N–H and O–H groups in total. The van der Waals surface area contributed by atoms with Crippen molar-refractivity contribution in [2.45, 2.75) is 13.8 Å². The molecule has 0 aliphatic carbocycles. The number of hydrogen-bond donors (Lipinski definition) is 0. The van der Waals surface area contributed by atoms with Crippen LogP contribution in [0.5, 0.6) is 0 Å². The maximum absolute atomic E-state index is 8.09. The van der Waals surface area contributed by atoms with Gasteiger partial charge in [0.25, 0.3) is 0 Å². The molecule has 14 heavy (non-hydrogen) atoms. The zero-order valence-electron chi connectivity index (χ0n) is 16.0. The van der Waals surface area contributed by atoms with Crippen molar-refractivity contribution in [2.24, 2.45) is 0 Å². The molecule has 2 aromatic carbocycles. The Hall–Kier alpha value is -1.56. The number of benzene rings is 2. The van der Waals surface area contributed by atoms with E-state index in [4.69, 9.17) is 11.0 Å². The first-order chi connectivity index (χ1) is 10.1. The number of rotatable bonds is 1. The van der Waals surface area contributed by atoms with Gasteiger partial charge in [-0.3, -0.25) is 0 Å². The van der Waals surface area contributed by atoms with Gasteiger partial charge >= 0.3 is 0 Å². The van der Waals surface area contributed by atoms with Crippen molar-refractivity contribution in [3.8, 4) is 11.1 Å². The van der Waals surface area contributed by atoms with Crippen LogP contribution in [-0.4, -0.2) is 0 Å². The lowest BCUT2D eigenvalue weighted by molar-refractivity contribution is 1.38. The summed E-state index contributed by atoms with van der Waals surface area (Å²) < 4.78 is 63.0. The first-order valence-electron chi connectivity index (χ1n) is 8.25. The highest BCUT2D eigenvalue weighted by atomic mass is 14.0. The fourth-order valence-corrected chi connectivity index (χ4v) is 1.25. The van der Waals surface area contributed by atoms with Crippen molar-refractivity contribution >= 4 is 0 Å². The second-order valence-corrected chi connectivity index (χ2v) is 3.00. The third-order valence-electron chi connectivity index (χ3n) is 1.88. The minimum atomic E-state index is -0.507. The van der Waals surface area contributed by atoms with E-state index >= 15 is 0 Å². The van der Waals surface area contributed by atoms with Crippen LogP contribution in [0.1, 0.15) is 22.1 Å². The van der Waals surface area contributed by atoms with Crippen LogP contribution >= 0.6 is 0 Å². The van der Waals surface area contributed by atoms with E-state index in [2.05, 4.69) is 0 Å². The Kier molecular flexibility index (Phi) is 0.928. The van der Waals surface area contributed by atoms with Crippen LogP contribution < -0.4 is 0 Å². The summed E-state index contributed by atoms with van der Waals surface area (Å²) in [5, 5.41) is 0. The predicted octanol–water partition coefficient (Wildman–Crippen LogP) is 3.97. The van der Waals surface area contributed by atoms with E-state index < -0.39 is 30.2 Å². The van der Waals surface area contributed by atoms with Crippen molar-refractivity contribution in [2.75, 3.05) is 0 Å². The van der Waals surface area contributed by atoms with Gasteiger partial charge in [0.1, 0.15) is 0 Å². The predicted molar refractivity (Wildman–Crippen MR) is 61.4 cm³/mol. The molecule has 0 aliphatic heterocycles. The lowest BCUT2D eigenvalue weighted by atomic mass is 9.99. The summed E-state index contributed by atoms with van der Waals surface area (Å²) in [5.74, 6) is 0. The molecule has 0 heteroatoms. The first-order valence-corrected chi connectivity index (χ1v) is 4.25. The third-order valence-corrected chi connectivity index (χ3v) is 1.88. The molecular weight excluding hydrogens is 168 g/mol. The molecule has 0 saturated heterocycles. The Bertz CT molecular complexity index is 669. The first kappa shape index (κ1) is 3.54. The van der Waals surface area contributed by atoms with Gasteiger partial charge in [0.2, 0.25) is 0 Å². The molecule has 0 aliphatic rings. The largest absolute Gasteiger partial charge is 0.0629 e. The molecule has 0 spiro atoms. The van der Waals surface area contributed by atoms with Gasteiger partial charge in [-0.05, 0) is 30.5 Å². The maximum Gasteiger partial charge on any atom is 0.0629 e. The molecule has 0 atom stereocenters. The standard InChI is InChI=1S/C14H14/c1-11-8-9-14(12(2)10-11)13-6-4-3-5-7-13/h3-10H,1-2H3/i3D,4D,5D,6D,7D,8D,9D,10D. The van der Waals surface area contributed by atoms with Crippen LogP contribution in [0.3, 0.4) is 0 Å². The molecule has 0 fully saturated rings. The molecule has 0 radical (unpaired) electrons. The highest BCUT2D eigenvalue weighted by molar-refractivity contribution is 5.67. The Morgan fingerprint density at radius 1 is 0.929 bits per heavy atom. The molecule has 0 nitrogen and oxygen atoms in total. The van der Waals surface area contributed by atoms with Crippen molar-refractivity contribution in [1.82, 2.24) is 0 Å². The van der Waals surface area contributed by atoms with Crippen LogP contribution in [-0.2, 0) is 0 Å². The normalized spacial score (nSPS) is 18.1. The van der Waals surface area contributed by atoms with Gasteiger partial charge in [-0.2, -0.15) is 0 Å². The zero-order valence-corrected chi connectivity index (χ0v) is 8.00. The van der Waals surface area contributed by atoms with Crippen molar-refractivity contribution < 1.29 is 11.0 Å². The van der Waals surface area contributed by atoms with E-state index in [1.165, 1.54) is 0 Å². The molecule has 2 aromatic rings. The van der Waals surface area contributed by atoms with Crippen LogP contribution in [0.25, 0.3) is 11.1 Å². The lowest BCUT2D eigenvalue weighted by Crippen LogP contribution is -1.83. The average molecular weight is 190 g/mol. The van der Waals surface area contributed by atoms with Crippen molar-refractivity contribution in [3.63, 3.8) is 0 Å². The summed E-state index contributed by atoms with van der Waals surface area (Å²) in [6.07, 6.45) is 0. The van der Waals surface area contributed by atoms with Crippen LogP contribution in [0.4, 0.5) is 0 Å². The smallest absolute Gasteiger partial charge is 0.0622 e. The van der Waals surface area contributed by atoms with Crippen LogP contribution in [0, 0.1) is 13.8 Å². The fraction of sp³-hybridized carbons (Fsp3) is 0.143. The molecule has 0 heterocycles. The van der Waals surface area contributed by atoms with Gasteiger partial charge < -0.3 is 0 Å². The monoisotopic (exact) mass is 190 g/mol. The summed E-state index contributed by atoms with van der Waals surface area (Å²) in [6, 6.07) is -2.70. The molecule has 0 amide bonds. The molecule has 0 aromatic heterocycles. The summed E-state index contributed by atoms with van der Waals surface area (Å²) in [6.45, 7) is 3.12. The average Bonchev–Trinajstić information content (AvgIpc) is 2.50. The van der Waals surface area contributed by atoms with Gasteiger partial charge in [0, 0.05) is 0 Å². The quantitative estimate of drug-likeness (QED) is 0.638. The summed E-state index contributed by atoms with van der Waals surface area (Å²) in [7, 11) is 0. The molecule has 0 saturated carbocycles. The van der Waals surface area contributed by atoms with Gasteiger partial charge in [-0.25, -0.2) is 0 Å². The Morgan fingerprint density at radius 2 is 1.64 bits per heavy atom. The van der Waals surface area contributed by atoms with Crippen LogP contribution in [0.15, 0.2) is 48.3 Å². The molecule has 0 unspecified atom stereocenters. The highest BCUT2D eigenvalue weighted by Crippen LogP contribution is 2.23. The van der Waals surface area contributed by atoms with E-state index in [-0.39, 0.29) is 29.3 Å².